The van der Waals surface area contributed by atoms with Crippen molar-refractivity contribution in [1.82, 2.24) is 19.9 Å². The maximum absolute atomic E-state index is 14.5. The van der Waals surface area contributed by atoms with Crippen LogP contribution >= 0.6 is 0 Å². The number of aromatic nitrogens is 3. The molecule has 0 unspecified atom stereocenters. The first-order chi connectivity index (χ1) is 18.1. The van der Waals surface area contributed by atoms with Crippen LogP contribution in [0.15, 0.2) is 47.6 Å². The lowest BCUT2D eigenvalue weighted by atomic mass is 9.78. The summed E-state index contributed by atoms with van der Waals surface area (Å²) in [6.45, 7) is 6.94. The van der Waals surface area contributed by atoms with Crippen LogP contribution < -0.4 is 14.4 Å². The molecule has 2 saturated heterocycles. The summed E-state index contributed by atoms with van der Waals surface area (Å²) in [4.78, 5) is 20.0. The molecule has 202 valence electrons. The minimum Gasteiger partial charge on any atom is -0.493 e. The Morgan fingerprint density at radius 3 is 2.76 bits per heavy atom. The molecule has 0 atom stereocenters. The Morgan fingerprint density at radius 1 is 1.26 bits per heavy atom. The van der Waals surface area contributed by atoms with Gasteiger partial charge < -0.3 is 14.4 Å². The van der Waals surface area contributed by atoms with Gasteiger partial charge in [-0.25, -0.2) is 14.1 Å². The van der Waals surface area contributed by atoms with Crippen LogP contribution in [0.25, 0.3) is 11.3 Å². The molecule has 3 aromatic rings. The fourth-order valence-corrected chi connectivity index (χ4v) is 5.60. The molecular weight excluding hydrogens is 513 g/mol. The zero-order valence-corrected chi connectivity index (χ0v) is 22.1. The van der Waals surface area contributed by atoms with E-state index in [1.54, 1.807) is 12.1 Å². The third-order valence-corrected chi connectivity index (χ3v) is 7.90. The minimum atomic E-state index is -4.17. The molecule has 5 rings (SSSR count). The van der Waals surface area contributed by atoms with Gasteiger partial charge in [0.2, 0.25) is 0 Å². The van der Waals surface area contributed by atoms with Crippen molar-refractivity contribution in [2.75, 3.05) is 37.8 Å². The number of nitrogens with one attached hydrogen (secondary N) is 2. The maximum atomic E-state index is 14.5. The van der Waals surface area contributed by atoms with E-state index in [2.05, 4.69) is 14.9 Å². The Morgan fingerprint density at radius 2 is 2.08 bits per heavy atom. The topological polar surface area (TPSA) is 127 Å². The van der Waals surface area contributed by atoms with Crippen LogP contribution in [0.4, 0.5) is 10.2 Å². The van der Waals surface area contributed by atoms with Crippen molar-refractivity contribution in [3.8, 4) is 17.0 Å². The highest BCUT2D eigenvalue weighted by molar-refractivity contribution is 7.90. The van der Waals surface area contributed by atoms with Crippen molar-refractivity contribution < 1.29 is 27.1 Å². The molecule has 1 spiro atoms. The predicted molar refractivity (Wildman–Crippen MR) is 138 cm³/mol. The Balaban J connectivity index is 1.51. The molecule has 1 amide bonds. The second-order valence-electron chi connectivity index (χ2n) is 10.3. The Kier molecular flexibility index (Phi) is 7.10. The SMILES string of the molecule is CC(C)COc1cc(F)cc(-c2ccc(C(=O)NS(=O)(=O)c3ccn[nH]3)c(N3CCCC4(COC4)C3)n2)c1. The van der Waals surface area contributed by atoms with Gasteiger partial charge in [0.15, 0.2) is 5.03 Å². The van der Waals surface area contributed by atoms with Crippen LogP contribution in [-0.4, -0.2) is 62.4 Å². The number of amides is 1. The summed E-state index contributed by atoms with van der Waals surface area (Å²) in [5.41, 5.74) is 0.997. The Bertz CT molecular complexity index is 1420. The van der Waals surface area contributed by atoms with Gasteiger partial charge in [-0.1, -0.05) is 13.8 Å². The number of carbonyl (C=O) groups is 1. The fourth-order valence-electron chi connectivity index (χ4n) is 4.72. The number of aromatic amines is 1. The number of rotatable bonds is 8. The van der Waals surface area contributed by atoms with E-state index in [0.717, 1.165) is 12.8 Å². The number of pyridine rings is 1. The van der Waals surface area contributed by atoms with Gasteiger partial charge in [-0.2, -0.15) is 13.5 Å². The molecule has 0 radical (unpaired) electrons. The molecule has 2 aliphatic rings. The molecule has 2 aliphatic heterocycles. The molecule has 2 aromatic heterocycles. The van der Waals surface area contributed by atoms with Crippen LogP contribution in [0, 0.1) is 17.2 Å². The van der Waals surface area contributed by atoms with Gasteiger partial charge in [0.05, 0.1) is 37.3 Å². The number of anilines is 1. The van der Waals surface area contributed by atoms with E-state index in [1.807, 2.05) is 18.7 Å². The molecule has 0 aliphatic carbocycles. The molecule has 10 nitrogen and oxygen atoms in total. The number of nitrogens with zero attached hydrogens (tertiary/aromatic N) is 3. The highest BCUT2D eigenvalue weighted by atomic mass is 32.2. The van der Waals surface area contributed by atoms with Crippen molar-refractivity contribution >= 4 is 21.7 Å². The van der Waals surface area contributed by atoms with Gasteiger partial charge in [-0.3, -0.25) is 9.89 Å². The quantitative estimate of drug-likeness (QED) is 0.443. The molecule has 4 heterocycles. The number of benzene rings is 1. The van der Waals surface area contributed by atoms with Gasteiger partial charge >= 0.3 is 0 Å². The number of hydrogen-bond donors (Lipinski definition) is 2. The predicted octanol–water partition coefficient (Wildman–Crippen LogP) is 3.38. The lowest BCUT2D eigenvalue weighted by molar-refractivity contribution is -0.117. The van der Waals surface area contributed by atoms with Crippen molar-refractivity contribution in [3.05, 3.63) is 54.0 Å². The monoisotopic (exact) mass is 543 g/mol. The normalized spacial score (nSPS) is 16.9. The highest BCUT2D eigenvalue weighted by Crippen LogP contribution is 2.39. The summed E-state index contributed by atoms with van der Waals surface area (Å²) in [6.07, 6.45) is 3.15. The average Bonchev–Trinajstić information content (AvgIpc) is 3.42. The van der Waals surface area contributed by atoms with Crippen LogP contribution in [-0.2, 0) is 14.8 Å². The number of hydrogen-bond acceptors (Lipinski definition) is 8. The van der Waals surface area contributed by atoms with Crippen LogP contribution in [0.5, 0.6) is 5.75 Å². The highest BCUT2D eigenvalue weighted by Gasteiger charge is 2.43. The molecule has 2 N–H and O–H groups in total. The van der Waals surface area contributed by atoms with Gasteiger partial charge in [0.25, 0.3) is 15.9 Å². The van der Waals surface area contributed by atoms with Crippen molar-refractivity contribution in [2.45, 2.75) is 31.7 Å². The smallest absolute Gasteiger partial charge is 0.281 e. The molecule has 2 fully saturated rings. The van der Waals surface area contributed by atoms with Crippen LogP contribution in [0.1, 0.15) is 37.0 Å². The number of piperidine rings is 1. The second kappa shape index (κ2) is 10.3. The number of sulfonamides is 1. The summed E-state index contributed by atoms with van der Waals surface area (Å²) in [6, 6.07) is 8.74. The zero-order chi connectivity index (χ0) is 26.9. The Hall–Kier alpha value is -3.51. The lowest BCUT2D eigenvalue weighted by Gasteiger charge is -2.48. The molecule has 12 heteroatoms. The second-order valence-corrected chi connectivity index (χ2v) is 12.0. The molecule has 0 bridgehead atoms. The van der Waals surface area contributed by atoms with Crippen molar-refractivity contribution in [3.63, 3.8) is 0 Å². The van der Waals surface area contributed by atoms with E-state index >= 15 is 0 Å². The lowest BCUT2D eigenvalue weighted by Crippen LogP contribution is -2.54. The molecular formula is C26H30FN5O5S. The van der Waals surface area contributed by atoms with E-state index < -0.39 is 21.7 Å². The summed E-state index contributed by atoms with van der Waals surface area (Å²) >= 11 is 0. The summed E-state index contributed by atoms with van der Waals surface area (Å²) < 4.78 is 53.2. The van der Waals surface area contributed by atoms with E-state index in [-0.39, 0.29) is 21.9 Å². The first-order valence-corrected chi connectivity index (χ1v) is 14.0. The largest absolute Gasteiger partial charge is 0.493 e. The fraction of sp³-hybridized carbons (Fsp3) is 0.423. The van der Waals surface area contributed by atoms with Gasteiger partial charge in [-0.05, 0) is 49.1 Å². The van der Waals surface area contributed by atoms with Crippen LogP contribution in [0.2, 0.25) is 0 Å². The number of carbonyl (C=O) groups excluding carboxylic acids is 1. The van der Waals surface area contributed by atoms with Gasteiger partial charge in [0, 0.05) is 30.1 Å². The standard InChI is InChI=1S/C26H30FN5O5S/c1-17(2)13-37-20-11-18(10-19(27)12-20)22-5-4-21(25(33)31-38(34,35)23-6-8-28-30-23)24(29-22)32-9-3-7-26(14-32)15-36-16-26/h4-6,8,10-12,17H,3,7,9,13-16H2,1-2H3,(H,28,30)(H,31,33). The number of ether oxygens (including phenoxy) is 2. The Labute approximate surface area is 220 Å². The summed E-state index contributed by atoms with van der Waals surface area (Å²) in [7, 11) is -4.17. The molecule has 1 aromatic carbocycles. The van der Waals surface area contributed by atoms with Crippen molar-refractivity contribution in [1.29, 1.82) is 0 Å². The van der Waals surface area contributed by atoms with E-state index in [9.17, 15) is 17.6 Å². The number of halogens is 1. The molecule has 0 saturated carbocycles. The average molecular weight is 544 g/mol. The number of H-pyrrole nitrogens is 1. The van der Waals surface area contributed by atoms with Crippen LogP contribution in [0.3, 0.4) is 0 Å². The van der Waals surface area contributed by atoms with E-state index in [1.165, 1.54) is 30.5 Å². The summed E-state index contributed by atoms with van der Waals surface area (Å²) in [5, 5.41) is 5.77. The van der Waals surface area contributed by atoms with Gasteiger partial charge in [-0.15, -0.1) is 0 Å². The molecule has 38 heavy (non-hydrogen) atoms. The first-order valence-electron chi connectivity index (χ1n) is 12.5. The maximum Gasteiger partial charge on any atom is 0.281 e. The zero-order valence-electron chi connectivity index (χ0n) is 21.2. The first kappa shape index (κ1) is 26.1. The summed E-state index contributed by atoms with van der Waals surface area (Å²) in [5.74, 6) is -0.309. The van der Waals surface area contributed by atoms with E-state index in [4.69, 9.17) is 14.5 Å². The van der Waals surface area contributed by atoms with Crippen molar-refractivity contribution in [2.24, 2.45) is 11.3 Å². The third-order valence-electron chi connectivity index (χ3n) is 6.64. The van der Waals surface area contributed by atoms with E-state index in [0.29, 0.717) is 55.7 Å². The third kappa shape index (κ3) is 5.51. The minimum absolute atomic E-state index is 0.0254. The van der Waals surface area contributed by atoms with Gasteiger partial charge in [0.1, 0.15) is 17.4 Å².